The number of amides is 1. The fourth-order valence-electron chi connectivity index (χ4n) is 2.31. The van der Waals surface area contributed by atoms with E-state index >= 15 is 0 Å². The fraction of sp³-hybridized carbons (Fsp3) is 0.429. The van der Waals surface area contributed by atoms with Crippen LogP contribution in [0.2, 0.25) is 0 Å². The molecule has 1 aromatic heterocycles. The molecule has 0 bridgehead atoms. The van der Waals surface area contributed by atoms with Crippen molar-refractivity contribution in [2.45, 2.75) is 12.5 Å². The number of H-pyrrole nitrogens is 1. The molecule has 0 radical (unpaired) electrons. The summed E-state index contributed by atoms with van der Waals surface area (Å²) in [6, 6.07) is 4.13. The molecule has 1 aliphatic heterocycles. The number of aromatic nitrogens is 2. The number of ether oxygens (including phenoxy) is 1. The first-order valence-corrected chi connectivity index (χ1v) is 6.95. The van der Waals surface area contributed by atoms with Crippen molar-refractivity contribution in [1.82, 2.24) is 20.6 Å². The third kappa shape index (κ3) is 3.37. The Morgan fingerprint density at radius 2 is 2.43 bits per heavy atom. The maximum atomic E-state index is 13.1. The second kappa shape index (κ2) is 6.19. The third-order valence-electron chi connectivity index (χ3n) is 3.39. The van der Waals surface area contributed by atoms with Crippen molar-refractivity contribution in [2.24, 2.45) is 0 Å². The summed E-state index contributed by atoms with van der Waals surface area (Å²) < 4.78 is 18.3. The van der Waals surface area contributed by atoms with Crippen LogP contribution in [0.25, 0.3) is 11.0 Å². The molecule has 1 fully saturated rings. The standard InChI is InChI=1S/C14H17FN4O2/c15-9-1-2-10-11(7-9)19-13(18-10)3-4-17-14(20)12-8-21-6-5-16-12/h1-2,7,12,16H,3-6,8H2,(H,17,20)(H,18,19). The van der Waals surface area contributed by atoms with E-state index in [0.29, 0.717) is 38.2 Å². The summed E-state index contributed by atoms with van der Waals surface area (Å²) in [7, 11) is 0. The molecule has 1 saturated heterocycles. The van der Waals surface area contributed by atoms with Gasteiger partial charge in [-0.1, -0.05) is 0 Å². The van der Waals surface area contributed by atoms with Gasteiger partial charge >= 0.3 is 0 Å². The van der Waals surface area contributed by atoms with Gasteiger partial charge in [-0.3, -0.25) is 4.79 Å². The lowest BCUT2D eigenvalue weighted by atomic mass is 10.2. The Hall–Kier alpha value is -1.99. The van der Waals surface area contributed by atoms with Crippen LogP contribution >= 0.6 is 0 Å². The summed E-state index contributed by atoms with van der Waals surface area (Å²) in [5, 5.41) is 5.93. The molecule has 0 spiro atoms. The number of hydrogen-bond acceptors (Lipinski definition) is 4. The van der Waals surface area contributed by atoms with Crippen molar-refractivity contribution in [1.29, 1.82) is 0 Å². The van der Waals surface area contributed by atoms with Gasteiger partial charge in [0.1, 0.15) is 17.7 Å². The number of aromatic amines is 1. The van der Waals surface area contributed by atoms with Gasteiger partial charge in [0.05, 0.1) is 24.2 Å². The molecule has 1 amide bonds. The lowest BCUT2D eigenvalue weighted by Gasteiger charge is -2.22. The normalized spacial score (nSPS) is 18.8. The number of benzene rings is 1. The van der Waals surface area contributed by atoms with Crippen molar-refractivity contribution < 1.29 is 13.9 Å². The predicted octanol–water partition coefficient (Wildman–Crippen LogP) is 0.349. The molecule has 21 heavy (non-hydrogen) atoms. The van der Waals surface area contributed by atoms with Gasteiger partial charge in [-0.25, -0.2) is 9.37 Å². The Labute approximate surface area is 121 Å². The van der Waals surface area contributed by atoms with E-state index < -0.39 is 0 Å². The van der Waals surface area contributed by atoms with Crippen LogP contribution in [0.4, 0.5) is 4.39 Å². The van der Waals surface area contributed by atoms with Gasteiger partial charge in [0.2, 0.25) is 5.91 Å². The van der Waals surface area contributed by atoms with E-state index in [0.717, 1.165) is 11.3 Å². The highest BCUT2D eigenvalue weighted by molar-refractivity contribution is 5.82. The second-order valence-electron chi connectivity index (χ2n) is 4.97. The lowest BCUT2D eigenvalue weighted by molar-refractivity contribution is -0.125. The number of nitrogens with zero attached hydrogens (tertiary/aromatic N) is 1. The van der Waals surface area contributed by atoms with Gasteiger partial charge in [0.25, 0.3) is 0 Å². The van der Waals surface area contributed by atoms with Crippen LogP contribution in [-0.2, 0) is 16.0 Å². The fourth-order valence-corrected chi connectivity index (χ4v) is 2.31. The monoisotopic (exact) mass is 292 g/mol. The van der Waals surface area contributed by atoms with Crippen LogP contribution in [0.1, 0.15) is 5.82 Å². The van der Waals surface area contributed by atoms with Gasteiger partial charge in [-0.15, -0.1) is 0 Å². The van der Waals surface area contributed by atoms with Crippen LogP contribution < -0.4 is 10.6 Å². The molecule has 6 nitrogen and oxygen atoms in total. The quantitative estimate of drug-likeness (QED) is 0.760. The van der Waals surface area contributed by atoms with E-state index in [1.54, 1.807) is 6.07 Å². The number of nitrogens with one attached hydrogen (secondary N) is 3. The molecule has 1 atom stereocenters. The zero-order valence-electron chi connectivity index (χ0n) is 11.5. The first kappa shape index (κ1) is 14.0. The lowest BCUT2D eigenvalue weighted by Crippen LogP contribution is -2.51. The average Bonchev–Trinajstić information content (AvgIpc) is 2.89. The predicted molar refractivity (Wildman–Crippen MR) is 75.4 cm³/mol. The molecule has 3 N–H and O–H groups in total. The van der Waals surface area contributed by atoms with Crippen molar-refractivity contribution in [2.75, 3.05) is 26.3 Å². The van der Waals surface area contributed by atoms with Gasteiger partial charge in [0, 0.05) is 19.5 Å². The number of hydrogen-bond donors (Lipinski definition) is 3. The molecule has 3 rings (SSSR count). The van der Waals surface area contributed by atoms with Crippen LogP contribution in [0.5, 0.6) is 0 Å². The van der Waals surface area contributed by atoms with Crippen LogP contribution in [0.3, 0.4) is 0 Å². The highest BCUT2D eigenvalue weighted by atomic mass is 19.1. The topological polar surface area (TPSA) is 79.0 Å². The van der Waals surface area contributed by atoms with E-state index in [-0.39, 0.29) is 17.8 Å². The minimum absolute atomic E-state index is 0.0724. The minimum atomic E-state index is -0.297. The highest BCUT2D eigenvalue weighted by Gasteiger charge is 2.20. The van der Waals surface area contributed by atoms with Crippen LogP contribution in [0, 0.1) is 5.82 Å². The van der Waals surface area contributed by atoms with E-state index in [1.807, 2.05) is 0 Å². The molecular formula is C14H17FN4O2. The van der Waals surface area contributed by atoms with Crippen molar-refractivity contribution in [3.63, 3.8) is 0 Å². The zero-order chi connectivity index (χ0) is 14.7. The number of imidazole rings is 1. The van der Waals surface area contributed by atoms with Crippen LogP contribution in [-0.4, -0.2) is 48.2 Å². The van der Waals surface area contributed by atoms with Crippen molar-refractivity contribution >= 4 is 16.9 Å². The summed E-state index contributed by atoms with van der Waals surface area (Å²) >= 11 is 0. The molecular weight excluding hydrogens is 275 g/mol. The minimum Gasteiger partial charge on any atom is -0.378 e. The molecule has 2 aromatic rings. The Balaban J connectivity index is 1.53. The summed E-state index contributed by atoms with van der Waals surface area (Å²) in [5.41, 5.74) is 1.39. The van der Waals surface area contributed by atoms with E-state index in [2.05, 4.69) is 20.6 Å². The Morgan fingerprint density at radius 1 is 1.52 bits per heavy atom. The van der Waals surface area contributed by atoms with Crippen LogP contribution in [0.15, 0.2) is 18.2 Å². The van der Waals surface area contributed by atoms with E-state index in [9.17, 15) is 9.18 Å². The first-order valence-electron chi connectivity index (χ1n) is 6.95. The maximum Gasteiger partial charge on any atom is 0.239 e. The zero-order valence-corrected chi connectivity index (χ0v) is 11.5. The Kier molecular flexibility index (Phi) is 4.12. The molecule has 1 unspecified atom stereocenters. The van der Waals surface area contributed by atoms with Gasteiger partial charge in [-0.05, 0) is 18.2 Å². The largest absolute Gasteiger partial charge is 0.378 e. The SMILES string of the molecule is O=C(NCCc1nc2ccc(F)cc2[nH]1)C1COCCN1. The number of halogens is 1. The van der Waals surface area contributed by atoms with Gasteiger partial charge in [0.15, 0.2) is 0 Å². The molecule has 112 valence electrons. The Bertz CT molecular complexity index is 637. The smallest absolute Gasteiger partial charge is 0.239 e. The van der Waals surface area contributed by atoms with Gasteiger partial charge in [-0.2, -0.15) is 0 Å². The number of carbonyl (C=O) groups is 1. The summed E-state index contributed by atoms with van der Waals surface area (Å²) in [5.74, 6) is 0.356. The number of morpholine rings is 1. The summed E-state index contributed by atoms with van der Waals surface area (Å²) in [6.07, 6.45) is 0.565. The second-order valence-corrected chi connectivity index (χ2v) is 4.97. The first-order chi connectivity index (χ1) is 10.2. The highest BCUT2D eigenvalue weighted by Crippen LogP contribution is 2.12. The van der Waals surface area contributed by atoms with Crippen molar-refractivity contribution in [3.05, 3.63) is 29.8 Å². The number of rotatable bonds is 4. The molecule has 1 aromatic carbocycles. The summed E-state index contributed by atoms with van der Waals surface area (Å²) in [4.78, 5) is 19.3. The average molecular weight is 292 g/mol. The number of fused-ring (bicyclic) bond motifs is 1. The van der Waals surface area contributed by atoms with Gasteiger partial charge < -0.3 is 20.4 Å². The maximum absolute atomic E-state index is 13.1. The molecule has 0 saturated carbocycles. The van der Waals surface area contributed by atoms with E-state index in [1.165, 1.54) is 12.1 Å². The van der Waals surface area contributed by atoms with Crippen molar-refractivity contribution in [3.8, 4) is 0 Å². The molecule has 7 heteroatoms. The number of carbonyl (C=O) groups excluding carboxylic acids is 1. The molecule has 2 heterocycles. The summed E-state index contributed by atoms with van der Waals surface area (Å²) in [6.45, 7) is 2.20. The molecule has 1 aliphatic rings. The molecule has 0 aliphatic carbocycles. The third-order valence-corrected chi connectivity index (χ3v) is 3.39. The van der Waals surface area contributed by atoms with E-state index in [4.69, 9.17) is 4.74 Å². The Morgan fingerprint density at radius 3 is 3.24 bits per heavy atom.